The van der Waals surface area contributed by atoms with E-state index in [2.05, 4.69) is 5.32 Å². The number of carbonyl (C=O) groups is 2. The molecule has 0 spiro atoms. The number of hydrogen-bond donors (Lipinski definition) is 3. The summed E-state index contributed by atoms with van der Waals surface area (Å²) in [6, 6.07) is 6.34. The Bertz CT molecular complexity index is 495. The van der Waals surface area contributed by atoms with Crippen LogP contribution in [0.25, 0.3) is 0 Å². The van der Waals surface area contributed by atoms with Crippen LogP contribution in [0.5, 0.6) is 0 Å². The van der Waals surface area contributed by atoms with Crippen molar-refractivity contribution in [3.05, 3.63) is 29.8 Å². The molecule has 114 valence electrons. The molecule has 1 aliphatic heterocycles. The van der Waals surface area contributed by atoms with Crippen LogP contribution in [0.15, 0.2) is 24.3 Å². The van der Waals surface area contributed by atoms with Crippen molar-refractivity contribution < 1.29 is 19.4 Å². The third kappa shape index (κ3) is 4.46. The second-order valence-corrected chi connectivity index (χ2v) is 5.21. The summed E-state index contributed by atoms with van der Waals surface area (Å²) >= 11 is 0. The van der Waals surface area contributed by atoms with Gasteiger partial charge in [0.15, 0.2) is 0 Å². The van der Waals surface area contributed by atoms with E-state index in [-0.39, 0.29) is 18.2 Å². The van der Waals surface area contributed by atoms with Crippen molar-refractivity contribution in [2.24, 2.45) is 5.92 Å². The Labute approximate surface area is 123 Å². The lowest BCUT2D eigenvalue weighted by molar-refractivity contribution is -0.138. The number of hydrogen-bond acceptors (Lipinski definition) is 4. The van der Waals surface area contributed by atoms with Crippen LogP contribution in [0.4, 0.5) is 5.69 Å². The van der Waals surface area contributed by atoms with E-state index in [9.17, 15) is 9.59 Å². The summed E-state index contributed by atoms with van der Waals surface area (Å²) in [6.07, 6.45) is 1.19. The molecule has 1 aromatic carbocycles. The van der Waals surface area contributed by atoms with Crippen LogP contribution in [0.1, 0.15) is 30.9 Å². The molecule has 1 saturated heterocycles. The first-order chi connectivity index (χ1) is 10.1. The monoisotopic (exact) mass is 292 g/mol. The van der Waals surface area contributed by atoms with Gasteiger partial charge in [-0.05, 0) is 30.5 Å². The van der Waals surface area contributed by atoms with Gasteiger partial charge in [-0.25, -0.2) is 0 Å². The van der Waals surface area contributed by atoms with Crippen LogP contribution >= 0.6 is 0 Å². The number of carbonyl (C=O) groups excluding carboxylic acids is 1. The number of nitrogen functional groups attached to an aromatic ring is 1. The van der Waals surface area contributed by atoms with Crippen molar-refractivity contribution in [3.8, 4) is 0 Å². The molecule has 6 nitrogen and oxygen atoms in total. The molecular weight excluding hydrogens is 272 g/mol. The minimum atomic E-state index is -0.955. The van der Waals surface area contributed by atoms with Crippen molar-refractivity contribution in [2.45, 2.75) is 25.3 Å². The first-order valence-corrected chi connectivity index (χ1v) is 7.01. The highest BCUT2D eigenvalue weighted by Gasteiger charge is 2.25. The first-order valence-electron chi connectivity index (χ1n) is 7.01. The number of carboxylic acids is 1. The molecule has 0 saturated carbocycles. The zero-order valence-electron chi connectivity index (χ0n) is 11.7. The topological polar surface area (TPSA) is 102 Å². The van der Waals surface area contributed by atoms with Crippen LogP contribution in [-0.4, -0.2) is 30.2 Å². The van der Waals surface area contributed by atoms with Gasteiger partial charge in [-0.3, -0.25) is 9.59 Å². The molecule has 0 aliphatic carbocycles. The van der Waals surface area contributed by atoms with E-state index in [1.807, 2.05) is 0 Å². The van der Waals surface area contributed by atoms with Crippen molar-refractivity contribution in [3.63, 3.8) is 0 Å². The van der Waals surface area contributed by atoms with Gasteiger partial charge in [0.2, 0.25) is 5.91 Å². The SMILES string of the molecule is Nc1ccc(C(CC(=O)O)NC(=O)C2CCOCC2)cc1. The van der Waals surface area contributed by atoms with E-state index >= 15 is 0 Å². The highest BCUT2D eigenvalue weighted by molar-refractivity contribution is 5.80. The summed E-state index contributed by atoms with van der Waals surface area (Å²) in [7, 11) is 0. The minimum absolute atomic E-state index is 0.108. The lowest BCUT2D eigenvalue weighted by atomic mass is 9.97. The van der Waals surface area contributed by atoms with E-state index in [1.54, 1.807) is 24.3 Å². The maximum Gasteiger partial charge on any atom is 0.305 e. The fourth-order valence-electron chi connectivity index (χ4n) is 2.40. The maximum atomic E-state index is 12.2. The zero-order chi connectivity index (χ0) is 15.2. The average Bonchev–Trinajstić information content (AvgIpc) is 2.48. The van der Waals surface area contributed by atoms with Gasteiger partial charge in [0.1, 0.15) is 0 Å². The second kappa shape index (κ2) is 7.08. The Morgan fingerprint density at radius 2 is 1.90 bits per heavy atom. The van der Waals surface area contributed by atoms with E-state index < -0.39 is 12.0 Å². The number of aliphatic carboxylic acids is 1. The van der Waals surface area contributed by atoms with Crippen molar-refractivity contribution >= 4 is 17.6 Å². The van der Waals surface area contributed by atoms with Crippen LogP contribution in [0, 0.1) is 5.92 Å². The number of anilines is 1. The summed E-state index contributed by atoms with van der Waals surface area (Å²) in [5.41, 5.74) is 6.97. The van der Waals surface area contributed by atoms with Gasteiger partial charge in [0, 0.05) is 24.8 Å². The van der Waals surface area contributed by atoms with Crippen LogP contribution in [0.3, 0.4) is 0 Å². The predicted molar refractivity (Wildman–Crippen MR) is 77.5 cm³/mol. The quantitative estimate of drug-likeness (QED) is 0.711. The molecule has 1 aliphatic rings. The third-order valence-corrected chi connectivity index (χ3v) is 3.63. The minimum Gasteiger partial charge on any atom is -0.481 e. The zero-order valence-corrected chi connectivity index (χ0v) is 11.7. The van der Waals surface area contributed by atoms with Gasteiger partial charge in [0.25, 0.3) is 0 Å². The van der Waals surface area contributed by atoms with E-state index in [0.717, 1.165) is 5.56 Å². The van der Waals surface area contributed by atoms with Crippen LogP contribution in [0.2, 0.25) is 0 Å². The van der Waals surface area contributed by atoms with Crippen LogP contribution in [-0.2, 0) is 14.3 Å². The molecule has 21 heavy (non-hydrogen) atoms. The summed E-state index contributed by atoms with van der Waals surface area (Å²) in [6.45, 7) is 1.15. The van der Waals surface area contributed by atoms with Gasteiger partial charge in [-0.15, -0.1) is 0 Å². The van der Waals surface area contributed by atoms with Crippen molar-refractivity contribution in [1.29, 1.82) is 0 Å². The number of nitrogens with one attached hydrogen (secondary N) is 1. The molecule has 1 unspecified atom stereocenters. The molecule has 1 fully saturated rings. The fourth-order valence-corrected chi connectivity index (χ4v) is 2.40. The smallest absolute Gasteiger partial charge is 0.305 e. The largest absolute Gasteiger partial charge is 0.481 e. The number of nitrogens with two attached hydrogens (primary N) is 1. The highest BCUT2D eigenvalue weighted by atomic mass is 16.5. The van der Waals surface area contributed by atoms with Gasteiger partial charge in [-0.1, -0.05) is 12.1 Å². The standard InChI is InChI=1S/C15H20N2O4/c16-12-3-1-10(2-4-12)13(9-14(18)19)17-15(20)11-5-7-21-8-6-11/h1-4,11,13H,5-9,16H2,(H,17,20)(H,18,19). The maximum absolute atomic E-state index is 12.2. The van der Waals surface area contributed by atoms with Gasteiger partial charge < -0.3 is 20.9 Å². The second-order valence-electron chi connectivity index (χ2n) is 5.21. The Kier molecular flexibility index (Phi) is 5.16. The molecule has 1 amide bonds. The number of carboxylic acid groups (broad SMARTS) is 1. The highest BCUT2D eigenvalue weighted by Crippen LogP contribution is 2.21. The summed E-state index contributed by atoms with van der Waals surface area (Å²) in [4.78, 5) is 23.3. The predicted octanol–water partition coefficient (Wildman–Crippen LogP) is 1.33. The Morgan fingerprint density at radius 3 is 2.48 bits per heavy atom. The number of ether oxygens (including phenoxy) is 1. The number of benzene rings is 1. The molecule has 1 atom stereocenters. The first kappa shape index (κ1) is 15.3. The Hall–Kier alpha value is -2.08. The molecule has 0 aromatic heterocycles. The van der Waals surface area contributed by atoms with Gasteiger partial charge in [0.05, 0.1) is 12.5 Å². The Balaban J connectivity index is 2.06. The molecule has 0 bridgehead atoms. The van der Waals surface area contributed by atoms with Crippen LogP contribution < -0.4 is 11.1 Å². The molecule has 1 aromatic rings. The lowest BCUT2D eigenvalue weighted by Crippen LogP contribution is -2.37. The van der Waals surface area contributed by atoms with Crippen molar-refractivity contribution in [1.82, 2.24) is 5.32 Å². The fraction of sp³-hybridized carbons (Fsp3) is 0.467. The molecular formula is C15H20N2O4. The van der Waals surface area contributed by atoms with Gasteiger partial charge in [-0.2, -0.15) is 0 Å². The van der Waals surface area contributed by atoms with Crippen molar-refractivity contribution in [2.75, 3.05) is 18.9 Å². The van der Waals surface area contributed by atoms with E-state index in [0.29, 0.717) is 31.7 Å². The summed E-state index contributed by atoms with van der Waals surface area (Å²) < 4.78 is 5.23. The van der Waals surface area contributed by atoms with E-state index in [1.165, 1.54) is 0 Å². The number of amides is 1. The normalized spacial score (nSPS) is 17.1. The molecule has 4 N–H and O–H groups in total. The third-order valence-electron chi connectivity index (χ3n) is 3.63. The molecule has 1 heterocycles. The molecule has 2 rings (SSSR count). The Morgan fingerprint density at radius 1 is 1.29 bits per heavy atom. The molecule has 0 radical (unpaired) electrons. The summed E-state index contributed by atoms with van der Waals surface area (Å²) in [5, 5.41) is 11.9. The van der Waals surface area contributed by atoms with Gasteiger partial charge >= 0.3 is 5.97 Å². The summed E-state index contributed by atoms with van der Waals surface area (Å²) in [5.74, 6) is -1.17. The van der Waals surface area contributed by atoms with E-state index in [4.69, 9.17) is 15.6 Å². The lowest BCUT2D eigenvalue weighted by Gasteiger charge is -2.24. The molecule has 6 heteroatoms. The number of rotatable bonds is 5. The average molecular weight is 292 g/mol.